The predicted octanol–water partition coefficient (Wildman–Crippen LogP) is 0.443. The Hall–Kier alpha value is -0.120. The van der Waals surface area contributed by atoms with Gasteiger partial charge in [-0.3, -0.25) is 0 Å². The number of hydrogen-bond donors (Lipinski definition) is 2. The van der Waals surface area contributed by atoms with Gasteiger partial charge in [0.25, 0.3) is 0 Å². The van der Waals surface area contributed by atoms with Gasteiger partial charge in [-0.05, 0) is 51.2 Å². The summed E-state index contributed by atoms with van der Waals surface area (Å²) in [5.41, 5.74) is 0. The second-order valence-corrected chi connectivity index (χ2v) is 4.66. The number of nitrogens with one attached hydrogen (secondary N) is 1. The second-order valence-electron chi connectivity index (χ2n) is 4.66. The van der Waals surface area contributed by atoms with Gasteiger partial charge in [-0.15, -0.1) is 0 Å². The maximum absolute atomic E-state index is 8.63. The van der Waals surface area contributed by atoms with E-state index in [9.17, 15) is 0 Å². The zero-order valence-electron chi connectivity index (χ0n) is 8.91. The molecule has 1 saturated heterocycles. The fourth-order valence-electron chi connectivity index (χ4n) is 2.31. The first-order valence-corrected chi connectivity index (χ1v) is 5.96. The number of rotatable bonds is 6. The van der Waals surface area contributed by atoms with Gasteiger partial charge in [-0.1, -0.05) is 0 Å². The van der Waals surface area contributed by atoms with E-state index < -0.39 is 0 Å². The number of aliphatic hydroxyl groups excluding tert-OH is 1. The molecule has 1 atom stereocenters. The fraction of sp³-hybridized carbons (Fsp3) is 1.00. The summed E-state index contributed by atoms with van der Waals surface area (Å²) in [6.45, 7) is 5.04. The van der Waals surface area contributed by atoms with Gasteiger partial charge in [0.05, 0.1) is 0 Å². The van der Waals surface area contributed by atoms with Gasteiger partial charge in [0.2, 0.25) is 0 Å². The van der Waals surface area contributed by atoms with Gasteiger partial charge in [0.15, 0.2) is 0 Å². The topological polar surface area (TPSA) is 35.5 Å². The summed E-state index contributed by atoms with van der Waals surface area (Å²) < 4.78 is 0. The maximum Gasteiger partial charge on any atom is 0.0443 e. The molecule has 1 saturated carbocycles. The van der Waals surface area contributed by atoms with Crippen LogP contribution in [0.25, 0.3) is 0 Å². The van der Waals surface area contributed by atoms with Gasteiger partial charge < -0.3 is 15.3 Å². The zero-order chi connectivity index (χ0) is 9.80. The Labute approximate surface area is 86.5 Å². The Morgan fingerprint density at radius 2 is 2.14 bits per heavy atom. The largest absolute Gasteiger partial charge is 0.396 e. The summed E-state index contributed by atoms with van der Waals surface area (Å²) in [7, 11) is 0. The van der Waals surface area contributed by atoms with Crippen LogP contribution in [0.4, 0.5) is 0 Å². The lowest BCUT2D eigenvalue weighted by molar-refractivity contribution is 0.282. The molecular weight excluding hydrogens is 176 g/mol. The third-order valence-electron chi connectivity index (χ3n) is 3.33. The molecule has 1 heterocycles. The van der Waals surface area contributed by atoms with Gasteiger partial charge in [0.1, 0.15) is 0 Å². The molecular formula is C11H22N2O. The molecule has 0 aromatic heterocycles. The summed E-state index contributed by atoms with van der Waals surface area (Å²) >= 11 is 0. The van der Waals surface area contributed by atoms with E-state index in [0.29, 0.717) is 6.61 Å². The average Bonchev–Trinajstić information content (AvgIpc) is 2.94. The normalized spacial score (nSPS) is 28.5. The summed E-state index contributed by atoms with van der Waals surface area (Å²) in [6.07, 6.45) is 5.12. The molecule has 1 aliphatic carbocycles. The van der Waals surface area contributed by atoms with Crippen LogP contribution in [0.2, 0.25) is 0 Å². The Balaban J connectivity index is 1.54. The molecule has 3 heteroatoms. The van der Waals surface area contributed by atoms with Crippen molar-refractivity contribution in [2.24, 2.45) is 5.92 Å². The SMILES string of the molecule is OCCCNCC1CCN(C2CC2)C1. The van der Waals surface area contributed by atoms with Crippen LogP contribution >= 0.6 is 0 Å². The van der Waals surface area contributed by atoms with Crippen molar-refractivity contribution < 1.29 is 5.11 Å². The summed E-state index contributed by atoms with van der Waals surface area (Å²) in [6, 6.07) is 0.942. The maximum atomic E-state index is 8.63. The molecule has 82 valence electrons. The molecule has 0 amide bonds. The Morgan fingerprint density at radius 3 is 2.86 bits per heavy atom. The van der Waals surface area contributed by atoms with Gasteiger partial charge in [0, 0.05) is 19.2 Å². The highest BCUT2D eigenvalue weighted by Gasteiger charge is 2.33. The van der Waals surface area contributed by atoms with E-state index in [4.69, 9.17) is 5.11 Å². The molecule has 0 spiro atoms. The van der Waals surface area contributed by atoms with Crippen LogP contribution in [0, 0.1) is 5.92 Å². The minimum Gasteiger partial charge on any atom is -0.396 e. The number of likely N-dealkylation sites (tertiary alicyclic amines) is 1. The van der Waals surface area contributed by atoms with Crippen molar-refractivity contribution in [3.05, 3.63) is 0 Å². The van der Waals surface area contributed by atoms with E-state index in [-0.39, 0.29) is 0 Å². The van der Waals surface area contributed by atoms with Crippen molar-refractivity contribution in [3.8, 4) is 0 Å². The quantitative estimate of drug-likeness (QED) is 0.608. The van der Waals surface area contributed by atoms with Crippen molar-refractivity contribution >= 4 is 0 Å². The molecule has 0 radical (unpaired) electrons. The minimum atomic E-state index is 0.311. The van der Waals surface area contributed by atoms with E-state index >= 15 is 0 Å². The molecule has 2 fully saturated rings. The summed E-state index contributed by atoms with van der Waals surface area (Å²) in [5, 5.41) is 12.1. The number of nitrogens with zero attached hydrogens (tertiary/aromatic N) is 1. The first-order chi connectivity index (χ1) is 6.90. The highest BCUT2D eigenvalue weighted by atomic mass is 16.3. The zero-order valence-corrected chi connectivity index (χ0v) is 8.91. The van der Waals surface area contributed by atoms with Crippen LogP contribution in [0.3, 0.4) is 0 Å². The van der Waals surface area contributed by atoms with Crippen molar-refractivity contribution in [3.63, 3.8) is 0 Å². The Morgan fingerprint density at radius 1 is 1.29 bits per heavy atom. The van der Waals surface area contributed by atoms with Crippen molar-refractivity contribution in [1.82, 2.24) is 10.2 Å². The highest BCUT2D eigenvalue weighted by molar-refractivity contribution is 4.89. The molecule has 14 heavy (non-hydrogen) atoms. The van der Waals surface area contributed by atoms with Crippen LogP contribution in [0.15, 0.2) is 0 Å². The highest BCUT2D eigenvalue weighted by Crippen LogP contribution is 2.31. The molecule has 2 aliphatic rings. The molecule has 1 aliphatic heterocycles. The molecule has 3 nitrogen and oxygen atoms in total. The second kappa shape index (κ2) is 5.10. The summed E-state index contributed by atoms with van der Waals surface area (Å²) in [5.74, 6) is 0.856. The third-order valence-corrected chi connectivity index (χ3v) is 3.33. The summed E-state index contributed by atoms with van der Waals surface area (Å²) in [4.78, 5) is 2.65. The predicted molar refractivity (Wildman–Crippen MR) is 57.3 cm³/mol. The minimum absolute atomic E-state index is 0.311. The van der Waals surface area contributed by atoms with E-state index in [1.165, 1.54) is 32.4 Å². The van der Waals surface area contributed by atoms with Gasteiger partial charge in [-0.25, -0.2) is 0 Å². The van der Waals surface area contributed by atoms with Crippen LogP contribution in [0.1, 0.15) is 25.7 Å². The standard InChI is InChI=1S/C11H22N2O/c14-7-1-5-12-8-10-4-6-13(9-10)11-2-3-11/h10-12,14H,1-9H2. The molecule has 0 bridgehead atoms. The van der Waals surface area contributed by atoms with Crippen LogP contribution < -0.4 is 5.32 Å². The average molecular weight is 198 g/mol. The van der Waals surface area contributed by atoms with E-state index in [1.807, 2.05) is 0 Å². The first kappa shape index (κ1) is 10.4. The van der Waals surface area contributed by atoms with Gasteiger partial charge in [-0.2, -0.15) is 0 Å². The van der Waals surface area contributed by atoms with Crippen LogP contribution in [-0.2, 0) is 0 Å². The van der Waals surface area contributed by atoms with E-state index in [2.05, 4.69) is 10.2 Å². The monoisotopic (exact) mass is 198 g/mol. The van der Waals surface area contributed by atoms with Gasteiger partial charge >= 0.3 is 0 Å². The third kappa shape index (κ3) is 2.94. The van der Waals surface area contributed by atoms with E-state index in [0.717, 1.165) is 31.5 Å². The lowest BCUT2D eigenvalue weighted by Gasteiger charge is -2.14. The fourth-order valence-corrected chi connectivity index (χ4v) is 2.31. The molecule has 0 aromatic rings. The van der Waals surface area contributed by atoms with Crippen molar-refractivity contribution in [2.45, 2.75) is 31.7 Å². The number of aliphatic hydroxyl groups is 1. The van der Waals surface area contributed by atoms with Crippen LogP contribution in [-0.4, -0.2) is 48.8 Å². The lowest BCUT2D eigenvalue weighted by Crippen LogP contribution is -2.28. The first-order valence-electron chi connectivity index (χ1n) is 5.96. The molecule has 2 rings (SSSR count). The van der Waals surface area contributed by atoms with Crippen molar-refractivity contribution in [1.29, 1.82) is 0 Å². The van der Waals surface area contributed by atoms with Crippen LogP contribution in [0.5, 0.6) is 0 Å². The Bertz CT molecular complexity index is 171. The van der Waals surface area contributed by atoms with Crippen molar-refractivity contribution in [2.75, 3.05) is 32.8 Å². The lowest BCUT2D eigenvalue weighted by atomic mass is 10.1. The number of hydrogen-bond acceptors (Lipinski definition) is 3. The van der Waals surface area contributed by atoms with E-state index in [1.54, 1.807) is 0 Å². The Kier molecular flexibility index (Phi) is 3.79. The molecule has 0 aromatic carbocycles. The molecule has 1 unspecified atom stereocenters. The molecule has 2 N–H and O–H groups in total. The smallest absolute Gasteiger partial charge is 0.0443 e.